The average molecular weight is 465 g/mol. The number of rotatable bonds is 2. The lowest BCUT2D eigenvalue weighted by Crippen LogP contribution is -2.44. The minimum Gasteiger partial charge on any atom is -0.376 e. The van der Waals surface area contributed by atoms with E-state index in [1.54, 1.807) is 0 Å². The van der Waals surface area contributed by atoms with Crippen LogP contribution < -0.4 is 0 Å². The molecule has 2 N–H and O–H groups in total. The van der Waals surface area contributed by atoms with Crippen molar-refractivity contribution in [3.63, 3.8) is 0 Å². The van der Waals surface area contributed by atoms with E-state index in [0.29, 0.717) is 22.3 Å². The average Bonchev–Trinajstić information content (AvgIpc) is 2.95. The van der Waals surface area contributed by atoms with Gasteiger partial charge in [0.15, 0.2) is 0 Å². The number of benzene rings is 6. The molecule has 0 radical (unpaired) electrons. The Labute approximate surface area is 209 Å². The second-order valence-corrected chi connectivity index (χ2v) is 9.64. The third-order valence-electron chi connectivity index (χ3n) is 7.75. The monoisotopic (exact) mass is 464 g/mol. The predicted molar refractivity (Wildman–Crippen MR) is 145 cm³/mol. The van der Waals surface area contributed by atoms with Crippen LogP contribution >= 0.6 is 0 Å². The molecule has 1 aliphatic rings. The summed E-state index contributed by atoms with van der Waals surface area (Å²) in [5.41, 5.74) is 1.48. The highest BCUT2D eigenvalue weighted by molar-refractivity contribution is 5.85. The fourth-order valence-corrected chi connectivity index (χ4v) is 5.97. The summed E-state index contributed by atoms with van der Waals surface area (Å²) in [4.78, 5) is 0. The summed E-state index contributed by atoms with van der Waals surface area (Å²) in [6, 6.07) is 44.0. The van der Waals surface area contributed by atoms with Gasteiger partial charge < -0.3 is 10.2 Å². The maximum absolute atomic E-state index is 12.6. The molecule has 0 atom stereocenters. The van der Waals surface area contributed by atoms with Gasteiger partial charge in [0.05, 0.1) is 0 Å². The van der Waals surface area contributed by atoms with E-state index in [9.17, 15) is 10.2 Å². The van der Waals surface area contributed by atoms with Crippen molar-refractivity contribution in [2.24, 2.45) is 0 Å². The zero-order valence-electron chi connectivity index (χ0n) is 19.6. The maximum Gasteiger partial charge on any atom is 0.141 e. The van der Waals surface area contributed by atoms with Gasteiger partial charge in [-0.1, -0.05) is 121 Å². The lowest BCUT2D eigenvalue weighted by Gasteiger charge is -2.45. The summed E-state index contributed by atoms with van der Waals surface area (Å²) in [5.74, 6) is 0. The third-order valence-corrected chi connectivity index (χ3v) is 7.75. The van der Waals surface area contributed by atoms with Crippen LogP contribution in [0.15, 0.2) is 133 Å². The molecule has 0 aromatic heterocycles. The van der Waals surface area contributed by atoms with Gasteiger partial charge in [0.2, 0.25) is 0 Å². The Balaban J connectivity index is 1.55. The molecule has 7 rings (SSSR count). The van der Waals surface area contributed by atoms with Gasteiger partial charge in [0, 0.05) is 0 Å². The molecule has 0 heterocycles. The Morgan fingerprint density at radius 3 is 1.00 bits per heavy atom. The highest BCUT2D eigenvalue weighted by Gasteiger charge is 2.50. The number of aliphatic hydroxyl groups is 2. The summed E-state index contributed by atoms with van der Waals surface area (Å²) >= 11 is 0. The fraction of sp³-hybridized carbons (Fsp3) is 0.0588. The van der Waals surface area contributed by atoms with Gasteiger partial charge in [0.1, 0.15) is 11.2 Å². The van der Waals surface area contributed by atoms with Gasteiger partial charge in [-0.25, -0.2) is 0 Å². The van der Waals surface area contributed by atoms with E-state index in [1.165, 1.54) is 0 Å². The lowest BCUT2D eigenvalue weighted by molar-refractivity contribution is 0.0749. The molecule has 0 spiro atoms. The number of fused-ring (bicyclic) bond motifs is 4. The summed E-state index contributed by atoms with van der Waals surface area (Å²) in [6.45, 7) is 0. The number of hydrogen-bond acceptors (Lipinski definition) is 2. The van der Waals surface area contributed by atoms with Crippen molar-refractivity contribution < 1.29 is 10.2 Å². The smallest absolute Gasteiger partial charge is 0.141 e. The molecule has 1 aliphatic carbocycles. The molecular formula is C34H24O2. The van der Waals surface area contributed by atoms with Crippen LogP contribution in [0.5, 0.6) is 0 Å². The van der Waals surface area contributed by atoms with E-state index in [-0.39, 0.29) is 0 Å². The van der Waals surface area contributed by atoms with Crippen molar-refractivity contribution in [2.45, 2.75) is 11.2 Å². The Bertz CT molecular complexity index is 1600. The van der Waals surface area contributed by atoms with Crippen LogP contribution in [0, 0.1) is 0 Å². The molecule has 2 nitrogen and oxygen atoms in total. The molecule has 0 saturated carbocycles. The van der Waals surface area contributed by atoms with Crippen molar-refractivity contribution in [1.29, 1.82) is 0 Å². The lowest BCUT2D eigenvalue weighted by atomic mass is 9.63. The molecule has 2 heteroatoms. The van der Waals surface area contributed by atoms with E-state index in [1.807, 2.05) is 84.9 Å². The predicted octanol–water partition coefficient (Wildman–Crippen LogP) is 6.87. The molecule has 0 aliphatic heterocycles. The van der Waals surface area contributed by atoms with Crippen molar-refractivity contribution in [2.75, 3.05) is 0 Å². The summed E-state index contributed by atoms with van der Waals surface area (Å²) in [7, 11) is 0. The molecule has 6 aromatic carbocycles. The molecule has 0 bridgehead atoms. The SMILES string of the molecule is OC1(c2ccc3ccccc3c2)c2ccccc2C(O)(c2ccc3ccccc3c2)c2ccccc21. The van der Waals surface area contributed by atoms with Crippen LogP contribution in [0.25, 0.3) is 21.5 Å². The molecule has 0 amide bonds. The third kappa shape index (κ3) is 2.80. The van der Waals surface area contributed by atoms with Crippen molar-refractivity contribution in [3.8, 4) is 0 Å². The molecule has 6 aromatic rings. The second-order valence-electron chi connectivity index (χ2n) is 9.64. The van der Waals surface area contributed by atoms with Crippen molar-refractivity contribution in [3.05, 3.63) is 167 Å². The summed E-state index contributed by atoms with van der Waals surface area (Å²) in [5, 5.41) is 29.7. The zero-order chi connectivity index (χ0) is 24.3. The van der Waals surface area contributed by atoms with Gasteiger partial charge in [-0.15, -0.1) is 0 Å². The molecule has 0 fully saturated rings. The minimum atomic E-state index is -1.42. The maximum atomic E-state index is 12.6. The first-order valence-corrected chi connectivity index (χ1v) is 12.2. The first kappa shape index (κ1) is 21.1. The second kappa shape index (κ2) is 7.63. The Morgan fingerprint density at radius 1 is 0.333 bits per heavy atom. The fourth-order valence-electron chi connectivity index (χ4n) is 5.97. The van der Waals surface area contributed by atoms with E-state index >= 15 is 0 Å². The highest BCUT2D eigenvalue weighted by Crippen LogP contribution is 2.53. The van der Waals surface area contributed by atoms with Gasteiger partial charge in [-0.3, -0.25) is 0 Å². The van der Waals surface area contributed by atoms with Crippen LogP contribution in [0.3, 0.4) is 0 Å². The van der Waals surface area contributed by atoms with Crippen LogP contribution in [0.4, 0.5) is 0 Å². The van der Waals surface area contributed by atoms with Gasteiger partial charge in [0.25, 0.3) is 0 Å². The van der Waals surface area contributed by atoms with Gasteiger partial charge >= 0.3 is 0 Å². The standard InChI is InChI=1S/C34H24O2/c35-33(27-19-17-23-9-1-3-11-25(23)21-27)29-13-5-7-15-31(29)34(36,32-16-8-6-14-30(32)33)28-20-18-24-10-2-4-12-26(24)22-28/h1-22,35-36H. The summed E-state index contributed by atoms with van der Waals surface area (Å²) < 4.78 is 0. The van der Waals surface area contributed by atoms with E-state index in [4.69, 9.17) is 0 Å². The highest BCUT2D eigenvalue weighted by atomic mass is 16.3. The molecule has 36 heavy (non-hydrogen) atoms. The zero-order valence-corrected chi connectivity index (χ0v) is 19.6. The first-order valence-electron chi connectivity index (χ1n) is 12.2. The van der Waals surface area contributed by atoms with Gasteiger partial charge in [-0.05, 0) is 67.1 Å². The Morgan fingerprint density at radius 2 is 0.639 bits per heavy atom. The van der Waals surface area contributed by atoms with E-state index in [0.717, 1.165) is 32.7 Å². The van der Waals surface area contributed by atoms with Crippen LogP contribution in [0.2, 0.25) is 0 Å². The van der Waals surface area contributed by atoms with Crippen LogP contribution in [-0.2, 0) is 11.2 Å². The van der Waals surface area contributed by atoms with E-state index < -0.39 is 11.2 Å². The summed E-state index contributed by atoms with van der Waals surface area (Å²) in [6.07, 6.45) is 0. The van der Waals surface area contributed by atoms with Crippen LogP contribution in [-0.4, -0.2) is 10.2 Å². The van der Waals surface area contributed by atoms with Gasteiger partial charge in [-0.2, -0.15) is 0 Å². The quantitative estimate of drug-likeness (QED) is 0.293. The molecule has 0 saturated heterocycles. The largest absolute Gasteiger partial charge is 0.376 e. The van der Waals surface area contributed by atoms with Crippen molar-refractivity contribution in [1.82, 2.24) is 0 Å². The molecule has 0 unspecified atom stereocenters. The molecular weight excluding hydrogens is 440 g/mol. The topological polar surface area (TPSA) is 40.5 Å². The van der Waals surface area contributed by atoms with Crippen molar-refractivity contribution >= 4 is 21.5 Å². The molecule has 172 valence electrons. The van der Waals surface area contributed by atoms with E-state index in [2.05, 4.69) is 48.5 Å². The normalized spacial score (nSPS) is 20.7. The van der Waals surface area contributed by atoms with Crippen LogP contribution in [0.1, 0.15) is 33.4 Å². The Hall–Kier alpha value is -4.24. The Kier molecular flexibility index (Phi) is 4.47. The minimum absolute atomic E-state index is 0.689. The number of hydrogen-bond donors (Lipinski definition) is 2. The first-order chi connectivity index (χ1) is 17.6.